The van der Waals surface area contributed by atoms with Crippen LogP contribution in [0.15, 0.2) is 54.9 Å². The Kier molecular flexibility index (Phi) is 3.57. The molecular weight excluding hydrogens is 280 g/mol. The molecule has 2 heterocycles. The van der Waals surface area contributed by atoms with Gasteiger partial charge in [0.25, 0.3) is 5.91 Å². The van der Waals surface area contributed by atoms with Crippen LogP contribution in [0.1, 0.15) is 17.4 Å². The molecule has 0 atom stereocenters. The molecule has 22 heavy (non-hydrogen) atoms. The van der Waals surface area contributed by atoms with Crippen molar-refractivity contribution in [2.24, 2.45) is 0 Å². The van der Waals surface area contributed by atoms with Gasteiger partial charge in [-0.2, -0.15) is 0 Å². The summed E-state index contributed by atoms with van der Waals surface area (Å²) in [5, 5.41) is 5.44. The highest BCUT2D eigenvalue weighted by atomic mass is 16.2. The van der Waals surface area contributed by atoms with Crippen LogP contribution in [0.5, 0.6) is 0 Å². The molecule has 1 aromatic carbocycles. The number of hydrogen-bond donors (Lipinski definition) is 2. The molecule has 110 valence electrons. The van der Waals surface area contributed by atoms with Crippen LogP contribution in [0, 0.1) is 0 Å². The lowest BCUT2D eigenvalue weighted by Crippen LogP contribution is -2.13. The third kappa shape index (κ3) is 2.95. The number of pyridine rings is 1. The number of nitrogens with zero attached hydrogens (tertiary/aromatic N) is 2. The quantitative estimate of drug-likeness (QED) is 0.779. The van der Waals surface area contributed by atoms with Gasteiger partial charge < -0.3 is 15.0 Å². The van der Waals surface area contributed by atoms with Crippen LogP contribution in [0.2, 0.25) is 0 Å². The lowest BCUT2D eigenvalue weighted by atomic mass is 10.2. The first-order valence-electron chi connectivity index (χ1n) is 6.74. The van der Waals surface area contributed by atoms with Crippen molar-refractivity contribution in [3.05, 3.63) is 60.6 Å². The zero-order valence-corrected chi connectivity index (χ0v) is 11.9. The summed E-state index contributed by atoms with van der Waals surface area (Å²) in [5.41, 5.74) is 2.25. The summed E-state index contributed by atoms with van der Waals surface area (Å²) >= 11 is 0. The summed E-state index contributed by atoms with van der Waals surface area (Å²) in [6.45, 7) is 1.43. The molecule has 0 unspecified atom stereocenters. The van der Waals surface area contributed by atoms with Crippen molar-refractivity contribution < 1.29 is 9.59 Å². The van der Waals surface area contributed by atoms with E-state index in [-0.39, 0.29) is 11.8 Å². The maximum absolute atomic E-state index is 12.2. The standard InChI is InChI=1S/C16H14N4O2/c1-11(21)17-12-5-4-6-13(9-12)18-16(22)14-10-20-8-3-2-7-15(20)19-14/h2-10H,1H3,(H,17,21)(H,18,22). The fourth-order valence-electron chi connectivity index (χ4n) is 2.12. The molecule has 0 radical (unpaired) electrons. The molecule has 2 N–H and O–H groups in total. The molecule has 0 saturated heterocycles. The van der Waals surface area contributed by atoms with E-state index in [4.69, 9.17) is 0 Å². The van der Waals surface area contributed by atoms with Crippen LogP contribution >= 0.6 is 0 Å². The number of anilines is 2. The van der Waals surface area contributed by atoms with E-state index in [9.17, 15) is 9.59 Å². The highest BCUT2D eigenvalue weighted by Gasteiger charge is 2.11. The zero-order valence-electron chi connectivity index (χ0n) is 11.9. The number of benzene rings is 1. The predicted octanol–water partition coefficient (Wildman–Crippen LogP) is 2.54. The third-order valence-electron chi connectivity index (χ3n) is 3.04. The van der Waals surface area contributed by atoms with Crippen molar-refractivity contribution in [2.45, 2.75) is 6.92 Å². The van der Waals surface area contributed by atoms with E-state index in [0.717, 1.165) is 0 Å². The maximum atomic E-state index is 12.2. The van der Waals surface area contributed by atoms with Crippen molar-refractivity contribution in [3.8, 4) is 0 Å². The summed E-state index contributed by atoms with van der Waals surface area (Å²) in [5.74, 6) is -0.465. The van der Waals surface area contributed by atoms with Gasteiger partial charge in [-0.25, -0.2) is 4.98 Å². The van der Waals surface area contributed by atoms with E-state index in [0.29, 0.717) is 22.7 Å². The minimum atomic E-state index is -0.302. The number of aromatic nitrogens is 2. The molecule has 3 rings (SSSR count). The van der Waals surface area contributed by atoms with Crippen molar-refractivity contribution in [2.75, 3.05) is 10.6 Å². The monoisotopic (exact) mass is 294 g/mol. The Morgan fingerprint density at radius 2 is 1.82 bits per heavy atom. The summed E-state index contributed by atoms with van der Waals surface area (Å²) in [6, 6.07) is 12.5. The van der Waals surface area contributed by atoms with E-state index in [2.05, 4.69) is 15.6 Å². The lowest BCUT2D eigenvalue weighted by molar-refractivity contribution is -0.114. The summed E-state index contributed by atoms with van der Waals surface area (Å²) in [6.07, 6.45) is 3.50. The van der Waals surface area contributed by atoms with Crippen molar-refractivity contribution in [3.63, 3.8) is 0 Å². The SMILES string of the molecule is CC(=O)Nc1cccc(NC(=O)c2cn3ccccc3n2)c1. The second kappa shape index (κ2) is 5.69. The molecule has 2 aromatic heterocycles. The number of fused-ring (bicyclic) bond motifs is 1. The topological polar surface area (TPSA) is 75.5 Å². The lowest BCUT2D eigenvalue weighted by Gasteiger charge is -2.06. The van der Waals surface area contributed by atoms with Crippen LogP contribution in [0.3, 0.4) is 0 Å². The fourth-order valence-corrected chi connectivity index (χ4v) is 2.12. The van der Waals surface area contributed by atoms with Crippen LogP contribution < -0.4 is 10.6 Å². The normalized spacial score (nSPS) is 10.4. The average molecular weight is 294 g/mol. The minimum Gasteiger partial charge on any atom is -0.326 e. The van der Waals surface area contributed by atoms with Gasteiger partial charge in [0.2, 0.25) is 5.91 Å². The van der Waals surface area contributed by atoms with Gasteiger partial charge in [0.15, 0.2) is 0 Å². The van der Waals surface area contributed by atoms with Crippen molar-refractivity contribution in [1.29, 1.82) is 0 Å². The Morgan fingerprint density at radius 3 is 2.55 bits per heavy atom. The molecule has 2 amide bonds. The first-order chi connectivity index (χ1) is 10.6. The van der Waals surface area contributed by atoms with Gasteiger partial charge in [0, 0.05) is 30.7 Å². The number of imidazole rings is 1. The third-order valence-corrected chi connectivity index (χ3v) is 3.04. The van der Waals surface area contributed by atoms with E-state index in [1.54, 1.807) is 34.9 Å². The molecule has 0 aliphatic carbocycles. The van der Waals surface area contributed by atoms with Crippen LogP contribution in [-0.2, 0) is 4.79 Å². The summed E-state index contributed by atoms with van der Waals surface area (Å²) < 4.78 is 1.78. The Balaban J connectivity index is 1.80. The van der Waals surface area contributed by atoms with Crippen LogP contribution in [0.25, 0.3) is 5.65 Å². The molecule has 0 spiro atoms. The number of carbonyl (C=O) groups is 2. The van der Waals surface area contributed by atoms with E-state index >= 15 is 0 Å². The Bertz CT molecular complexity index is 821. The summed E-state index contributed by atoms with van der Waals surface area (Å²) in [7, 11) is 0. The Hall–Kier alpha value is -3.15. The number of nitrogens with one attached hydrogen (secondary N) is 2. The van der Waals surface area contributed by atoms with Gasteiger partial charge >= 0.3 is 0 Å². The maximum Gasteiger partial charge on any atom is 0.275 e. The van der Waals surface area contributed by atoms with Gasteiger partial charge in [-0.3, -0.25) is 9.59 Å². The van der Waals surface area contributed by atoms with Gasteiger partial charge in [-0.15, -0.1) is 0 Å². The van der Waals surface area contributed by atoms with E-state index < -0.39 is 0 Å². The second-order valence-electron chi connectivity index (χ2n) is 4.81. The highest BCUT2D eigenvalue weighted by Crippen LogP contribution is 2.16. The van der Waals surface area contributed by atoms with E-state index in [1.807, 2.05) is 24.4 Å². The first kappa shape index (κ1) is 13.8. The van der Waals surface area contributed by atoms with Crippen molar-refractivity contribution in [1.82, 2.24) is 9.38 Å². The molecule has 3 aromatic rings. The van der Waals surface area contributed by atoms with E-state index in [1.165, 1.54) is 6.92 Å². The Labute approximate surface area is 126 Å². The molecule has 0 aliphatic heterocycles. The number of amides is 2. The number of rotatable bonds is 3. The second-order valence-corrected chi connectivity index (χ2v) is 4.81. The van der Waals surface area contributed by atoms with Gasteiger partial charge in [0.1, 0.15) is 11.3 Å². The largest absolute Gasteiger partial charge is 0.326 e. The first-order valence-corrected chi connectivity index (χ1v) is 6.74. The predicted molar refractivity (Wildman–Crippen MR) is 83.9 cm³/mol. The van der Waals surface area contributed by atoms with Crippen LogP contribution in [-0.4, -0.2) is 21.2 Å². The number of hydrogen-bond acceptors (Lipinski definition) is 3. The zero-order chi connectivity index (χ0) is 15.5. The molecule has 0 bridgehead atoms. The molecule has 0 aliphatic rings. The number of carbonyl (C=O) groups excluding carboxylic acids is 2. The summed E-state index contributed by atoms with van der Waals surface area (Å²) in [4.78, 5) is 27.6. The molecule has 0 saturated carbocycles. The van der Waals surface area contributed by atoms with Gasteiger partial charge in [-0.05, 0) is 30.3 Å². The molecule has 6 nitrogen and oxygen atoms in total. The smallest absolute Gasteiger partial charge is 0.275 e. The minimum absolute atomic E-state index is 0.163. The average Bonchev–Trinajstić information content (AvgIpc) is 2.91. The van der Waals surface area contributed by atoms with Crippen LogP contribution in [0.4, 0.5) is 11.4 Å². The Morgan fingerprint density at radius 1 is 1.05 bits per heavy atom. The molecular formula is C16H14N4O2. The molecule has 6 heteroatoms. The van der Waals surface area contributed by atoms with Crippen molar-refractivity contribution >= 4 is 28.8 Å². The fraction of sp³-hybridized carbons (Fsp3) is 0.0625. The molecule has 0 fully saturated rings. The van der Waals surface area contributed by atoms with Gasteiger partial charge in [0.05, 0.1) is 0 Å². The van der Waals surface area contributed by atoms with Gasteiger partial charge in [-0.1, -0.05) is 12.1 Å². The highest BCUT2D eigenvalue weighted by molar-refractivity contribution is 6.03.